The fourth-order valence-corrected chi connectivity index (χ4v) is 5.84. The molecule has 0 bridgehead atoms. The molecule has 0 radical (unpaired) electrons. The summed E-state index contributed by atoms with van der Waals surface area (Å²) in [7, 11) is -1.95. The molecule has 1 aromatic carbocycles. The summed E-state index contributed by atoms with van der Waals surface area (Å²) in [4.78, 5) is 18.2. The normalized spacial score (nSPS) is 19.9. The van der Waals surface area contributed by atoms with E-state index in [-0.39, 0.29) is 18.5 Å². The molecule has 2 aromatic rings. The highest BCUT2D eigenvalue weighted by Gasteiger charge is 2.42. The number of nitrogens with zero attached hydrogens (tertiary/aromatic N) is 4. The highest BCUT2D eigenvalue weighted by Crippen LogP contribution is 2.42. The number of nitrogens with one attached hydrogen (secondary N) is 1. The number of likely N-dealkylation sites (tertiary alicyclic amines) is 1. The van der Waals surface area contributed by atoms with E-state index in [1.165, 1.54) is 15.6 Å². The first-order chi connectivity index (χ1) is 13.0. The Morgan fingerprint density at radius 2 is 1.96 bits per heavy atom. The van der Waals surface area contributed by atoms with Gasteiger partial charge in [-0.15, -0.1) is 11.3 Å². The third-order valence-corrected chi connectivity index (χ3v) is 7.56. The van der Waals surface area contributed by atoms with Crippen LogP contribution in [0.5, 0.6) is 0 Å². The van der Waals surface area contributed by atoms with E-state index in [9.17, 15) is 13.2 Å². The number of rotatable bonds is 4. The number of fused-ring (bicyclic) bond motifs is 1. The second-order valence-electron chi connectivity index (χ2n) is 6.65. The average molecular weight is 408 g/mol. The molecule has 0 atom stereocenters. The van der Waals surface area contributed by atoms with E-state index in [2.05, 4.69) is 15.2 Å². The van der Waals surface area contributed by atoms with Crippen molar-refractivity contribution in [1.29, 1.82) is 0 Å². The number of anilines is 3. The number of benzene rings is 1. The van der Waals surface area contributed by atoms with Crippen LogP contribution < -0.4 is 13.9 Å². The molecule has 2 aliphatic rings. The molecule has 4 rings (SSSR count). The molecule has 8 nitrogen and oxygen atoms in total. The number of para-hydroxylation sites is 2. The van der Waals surface area contributed by atoms with Crippen LogP contribution in [0.15, 0.2) is 35.8 Å². The van der Waals surface area contributed by atoms with Gasteiger partial charge in [-0.25, -0.2) is 9.29 Å². The SMILES string of the molecule is CN1c2ccccc2N(C2CCN(CC(=O)Nc3nccs3)CC2)S1(=O)=O. The molecule has 27 heavy (non-hydrogen) atoms. The van der Waals surface area contributed by atoms with Crippen LogP contribution >= 0.6 is 11.3 Å². The minimum atomic E-state index is -3.54. The Labute approximate surface area is 162 Å². The van der Waals surface area contributed by atoms with Gasteiger partial charge < -0.3 is 5.32 Å². The summed E-state index contributed by atoms with van der Waals surface area (Å²) in [6, 6.07) is 7.28. The number of hydrogen-bond acceptors (Lipinski definition) is 6. The predicted molar refractivity (Wildman–Crippen MR) is 106 cm³/mol. The van der Waals surface area contributed by atoms with Gasteiger partial charge >= 0.3 is 10.2 Å². The molecule has 1 N–H and O–H groups in total. The molecule has 1 aromatic heterocycles. The van der Waals surface area contributed by atoms with E-state index in [0.717, 1.165) is 5.69 Å². The van der Waals surface area contributed by atoms with E-state index in [1.807, 2.05) is 29.6 Å². The smallest absolute Gasteiger partial charge is 0.301 e. The summed E-state index contributed by atoms with van der Waals surface area (Å²) < 4.78 is 28.6. The summed E-state index contributed by atoms with van der Waals surface area (Å²) in [6.07, 6.45) is 3.02. The lowest BCUT2D eigenvalue weighted by molar-refractivity contribution is -0.117. The Bertz CT molecular complexity index is 924. The van der Waals surface area contributed by atoms with Gasteiger partial charge in [-0.05, 0) is 25.0 Å². The first-order valence-corrected chi connectivity index (χ1v) is 11.0. The Morgan fingerprint density at radius 3 is 2.63 bits per heavy atom. The van der Waals surface area contributed by atoms with Crippen molar-refractivity contribution in [3.05, 3.63) is 35.8 Å². The van der Waals surface area contributed by atoms with Crippen LogP contribution in [-0.4, -0.2) is 56.9 Å². The van der Waals surface area contributed by atoms with Gasteiger partial charge in [0.25, 0.3) is 0 Å². The van der Waals surface area contributed by atoms with Crippen LogP contribution in [0.1, 0.15) is 12.8 Å². The summed E-state index contributed by atoms with van der Waals surface area (Å²) >= 11 is 1.38. The van der Waals surface area contributed by atoms with E-state index in [0.29, 0.717) is 36.8 Å². The Balaban J connectivity index is 1.40. The molecule has 144 valence electrons. The van der Waals surface area contributed by atoms with Gasteiger partial charge in [-0.3, -0.25) is 14.0 Å². The van der Waals surface area contributed by atoms with Gasteiger partial charge in [0.15, 0.2) is 5.13 Å². The number of aromatic nitrogens is 1. The molecule has 0 unspecified atom stereocenters. The first kappa shape index (κ1) is 18.2. The molecule has 2 aliphatic heterocycles. The molecular formula is C17H21N5O3S2. The molecule has 10 heteroatoms. The Morgan fingerprint density at radius 1 is 1.26 bits per heavy atom. The van der Waals surface area contributed by atoms with E-state index < -0.39 is 10.2 Å². The van der Waals surface area contributed by atoms with Crippen LogP contribution in [0.25, 0.3) is 0 Å². The van der Waals surface area contributed by atoms with Crippen molar-refractivity contribution >= 4 is 44.0 Å². The zero-order valence-corrected chi connectivity index (χ0v) is 16.5. The third kappa shape index (κ3) is 3.40. The van der Waals surface area contributed by atoms with Crippen LogP contribution in [0.4, 0.5) is 16.5 Å². The molecule has 1 saturated heterocycles. The summed E-state index contributed by atoms with van der Waals surface area (Å²) in [5, 5.41) is 5.19. The van der Waals surface area contributed by atoms with E-state index in [1.54, 1.807) is 17.5 Å². The highest BCUT2D eigenvalue weighted by molar-refractivity contribution is 7.94. The number of carbonyl (C=O) groups is 1. The van der Waals surface area contributed by atoms with Crippen molar-refractivity contribution in [3.8, 4) is 0 Å². The van der Waals surface area contributed by atoms with Gasteiger partial charge in [0.2, 0.25) is 5.91 Å². The maximum Gasteiger partial charge on any atom is 0.326 e. The minimum absolute atomic E-state index is 0.0951. The monoisotopic (exact) mass is 407 g/mol. The summed E-state index contributed by atoms with van der Waals surface area (Å²) in [5.41, 5.74) is 1.45. The fraction of sp³-hybridized carbons (Fsp3) is 0.412. The Kier molecular flexibility index (Phi) is 4.79. The standard InChI is InChI=1S/C17H21N5O3S2/c1-20-14-4-2-3-5-15(14)22(27(20,24)25)13-6-9-21(10-7-13)12-16(23)19-17-18-8-11-26-17/h2-5,8,11,13H,6-7,9-10,12H2,1H3,(H,18,19,23). The third-order valence-electron chi connectivity index (χ3n) is 4.99. The largest absolute Gasteiger partial charge is 0.326 e. The predicted octanol–water partition coefficient (Wildman–Crippen LogP) is 1.75. The van der Waals surface area contributed by atoms with Gasteiger partial charge in [-0.2, -0.15) is 8.42 Å². The minimum Gasteiger partial charge on any atom is -0.301 e. The van der Waals surface area contributed by atoms with Crippen molar-refractivity contribution in [2.45, 2.75) is 18.9 Å². The lowest BCUT2D eigenvalue weighted by Crippen LogP contribution is -2.49. The number of hydrogen-bond donors (Lipinski definition) is 1. The first-order valence-electron chi connectivity index (χ1n) is 8.76. The van der Waals surface area contributed by atoms with Gasteiger partial charge in [0.05, 0.1) is 17.9 Å². The second kappa shape index (κ2) is 7.10. The number of thiazole rings is 1. The maximum absolute atomic E-state index is 12.9. The summed E-state index contributed by atoms with van der Waals surface area (Å²) in [6.45, 7) is 1.64. The van der Waals surface area contributed by atoms with Gasteiger partial charge in [-0.1, -0.05) is 12.1 Å². The average Bonchev–Trinajstić information content (AvgIpc) is 3.22. The van der Waals surface area contributed by atoms with Crippen LogP contribution in [0, 0.1) is 0 Å². The number of piperidine rings is 1. The van der Waals surface area contributed by atoms with Crippen molar-refractivity contribution in [2.24, 2.45) is 0 Å². The van der Waals surface area contributed by atoms with Gasteiger partial charge in [0, 0.05) is 37.8 Å². The lowest BCUT2D eigenvalue weighted by atomic mass is 10.0. The topological polar surface area (TPSA) is 85.8 Å². The maximum atomic E-state index is 12.9. The quantitative estimate of drug-likeness (QED) is 0.835. The second-order valence-corrected chi connectivity index (χ2v) is 9.38. The molecule has 0 spiro atoms. The van der Waals surface area contributed by atoms with Crippen molar-refractivity contribution in [2.75, 3.05) is 40.6 Å². The van der Waals surface area contributed by atoms with Gasteiger partial charge in [0.1, 0.15) is 0 Å². The highest BCUT2D eigenvalue weighted by atomic mass is 32.2. The lowest BCUT2D eigenvalue weighted by Gasteiger charge is -2.36. The molecule has 0 saturated carbocycles. The van der Waals surface area contributed by atoms with Crippen LogP contribution in [0.2, 0.25) is 0 Å². The molecular weight excluding hydrogens is 386 g/mol. The number of carbonyl (C=O) groups excluding carboxylic acids is 1. The van der Waals surface area contributed by atoms with Crippen LogP contribution in [0.3, 0.4) is 0 Å². The Hall–Kier alpha value is -2.17. The zero-order valence-electron chi connectivity index (χ0n) is 14.9. The van der Waals surface area contributed by atoms with E-state index >= 15 is 0 Å². The van der Waals surface area contributed by atoms with Crippen LogP contribution in [-0.2, 0) is 15.0 Å². The fourth-order valence-electron chi connectivity index (χ4n) is 3.64. The molecule has 1 fully saturated rings. The molecule has 1 amide bonds. The van der Waals surface area contributed by atoms with E-state index in [4.69, 9.17) is 0 Å². The van der Waals surface area contributed by atoms with Crippen molar-refractivity contribution < 1.29 is 13.2 Å². The number of amides is 1. The molecule has 3 heterocycles. The molecule has 0 aliphatic carbocycles. The zero-order chi connectivity index (χ0) is 19.0. The van der Waals surface area contributed by atoms with Crippen molar-refractivity contribution in [1.82, 2.24) is 9.88 Å². The summed E-state index contributed by atoms with van der Waals surface area (Å²) in [5.74, 6) is -0.0951. The van der Waals surface area contributed by atoms with Crippen molar-refractivity contribution in [3.63, 3.8) is 0 Å².